The third kappa shape index (κ3) is 3.78. The van der Waals surface area contributed by atoms with Gasteiger partial charge in [-0.05, 0) is 35.9 Å². The number of ether oxygens (including phenoxy) is 1. The Balaban J connectivity index is 1.52. The van der Waals surface area contributed by atoms with E-state index >= 15 is 0 Å². The number of hydrogen-bond acceptors (Lipinski definition) is 3. The highest BCUT2D eigenvalue weighted by Crippen LogP contribution is 2.21. The molecule has 0 saturated heterocycles. The minimum atomic E-state index is -0.467. The van der Waals surface area contributed by atoms with Gasteiger partial charge in [0.15, 0.2) is 0 Å². The SMILES string of the molecule is O=C(Nc1ccc2ccn(C(=O)OCc3ccccc3)c2c1)c1ccccc1. The number of carbonyl (C=O) groups excluding carboxylic acids is 2. The largest absolute Gasteiger partial charge is 0.444 e. The van der Waals surface area contributed by atoms with Gasteiger partial charge < -0.3 is 10.1 Å². The molecule has 4 rings (SSSR count). The first kappa shape index (κ1) is 17.5. The van der Waals surface area contributed by atoms with Crippen LogP contribution in [0.2, 0.25) is 0 Å². The van der Waals surface area contributed by atoms with Crippen LogP contribution in [0, 0.1) is 0 Å². The molecule has 3 aromatic carbocycles. The van der Waals surface area contributed by atoms with E-state index in [1.165, 1.54) is 4.57 Å². The van der Waals surface area contributed by atoms with E-state index in [1.807, 2.05) is 66.7 Å². The third-order valence-electron chi connectivity index (χ3n) is 4.39. The van der Waals surface area contributed by atoms with Crippen molar-refractivity contribution in [2.24, 2.45) is 0 Å². The molecule has 1 amide bonds. The van der Waals surface area contributed by atoms with Crippen molar-refractivity contribution in [1.82, 2.24) is 4.57 Å². The molecule has 0 saturated carbocycles. The van der Waals surface area contributed by atoms with Crippen molar-refractivity contribution in [1.29, 1.82) is 0 Å². The van der Waals surface area contributed by atoms with Crippen molar-refractivity contribution in [3.8, 4) is 0 Å². The van der Waals surface area contributed by atoms with Crippen molar-refractivity contribution in [2.75, 3.05) is 5.32 Å². The number of hydrogen-bond donors (Lipinski definition) is 1. The van der Waals surface area contributed by atoms with Crippen LogP contribution in [-0.4, -0.2) is 16.6 Å². The van der Waals surface area contributed by atoms with E-state index < -0.39 is 6.09 Å². The van der Waals surface area contributed by atoms with E-state index in [9.17, 15) is 9.59 Å². The molecule has 1 heterocycles. The lowest BCUT2D eigenvalue weighted by molar-refractivity contribution is 0.102. The topological polar surface area (TPSA) is 60.3 Å². The fraction of sp³-hybridized carbons (Fsp3) is 0.0435. The molecule has 28 heavy (non-hydrogen) atoms. The highest BCUT2D eigenvalue weighted by molar-refractivity contribution is 6.05. The van der Waals surface area contributed by atoms with Crippen molar-refractivity contribution < 1.29 is 14.3 Å². The van der Waals surface area contributed by atoms with Crippen LogP contribution in [0.25, 0.3) is 10.9 Å². The summed E-state index contributed by atoms with van der Waals surface area (Å²) in [5.74, 6) is -0.204. The minimum absolute atomic E-state index is 0.198. The predicted molar refractivity (Wildman–Crippen MR) is 108 cm³/mol. The smallest absolute Gasteiger partial charge is 0.418 e. The van der Waals surface area contributed by atoms with Gasteiger partial charge in [-0.2, -0.15) is 0 Å². The number of anilines is 1. The zero-order valence-corrected chi connectivity index (χ0v) is 15.0. The first-order chi connectivity index (χ1) is 13.7. The van der Waals surface area contributed by atoms with Gasteiger partial charge in [0.25, 0.3) is 5.91 Å². The van der Waals surface area contributed by atoms with E-state index in [-0.39, 0.29) is 12.5 Å². The molecule has 1 N–H and O–H groups in total. The summed E-state index contributed by atoms with van der Waals surface area (Å²) in [6, 6.07) is 25.8. The molecular weight excluding hydrogens is 352 g/mol. The molecule has 1 aromatic heterocycles. The molecule has 0 atom stereocenters. The van der Waals surface area contributed by atoms with Crippen LogP contribution in [0.5, 0.6) is 0 Å². The zero-order chi connectivity index (χ0) is 19.3. The van der Waals surface area contributed by atoms with Crippen LogP contribution in [0.15, 0.2) is 91.1 Å². The predicted octanol–water partition coefficient (Wildman–Crippen LogP) is 5.08. The van der Waals surface area contributed by atoms with Crippen LogP contribution in [0.4, 0.5) is 10.5 Å². The Morgan fingerprint density at radius 1 is 0.857 bits per heavy atom. The third-order valence-corrected chi connectivity index (χ3v) is 4.39. The maximum absolute atomic E-state index is 12.5. The molecule has 0 aliphatic heterocycles. The number of amides is 1. The van der Waals surface area contributed by atoms with Crippen molar-refractivity contribution in [3.63, 3.8) is 0 Å². The Hall–Kier alpha value is -3.86. The molecule has 0 aliphatic carbocycles. The summed E-state index contributed by atoms with van der Waals surface area (Å²) in [5, 5.41) is 3.74. The molecule has 0 bridgehead atoms. The van der Waals surface area contributed by atoms with Crippen LogP contribution < -0.4 is 5.32 Å². The van der Waals surface area contributed by atoms with Crippen LogP contribution in [0.1, 0.15) is 15.9 Å². The van der Waals surface area contributed by atoms with Gasteiger partial charge in [-0.25, -0.2) is 4.79 Å². The normalized spacial score (nSPS) is 10.6. The summed E-state index contributed by atoms with van der Waals surface area (Å²) in [4.78, 5) is 24.9. The van der Waals surface area contributed by atoms with Crippen LogP contribution in [0.3, 0.4) is 0 Å². The fourth-order valence-corrected chi connectivity index (χ4v) is 2.95. The molecule has 4 aromatic rings. The van der Waals surface area contributed by atoms with Crippen LogP contribution in [-0.2, 0) is 11.3 Å². The maximum atomic E-state index is 12.5. The summed E-state index contributed by atoms with van der Waals surface area (Å²) in [6.07, 6.45) is 1.20. The Bertz CT molecular complexity index is 1120. The number of fused-ring (bicyclic) bond motifs is 1. The van der Waals surface area contributed by atoms with Gasteiger partial charge in [0, 0.05) is 22.8 Å². The molecule has 5 heteroatoms. The average molecular weight is 370 g/mol. The van der Waals surface area contributed by atoms with Gasteiger partial charge in [0.05, 0.1) is 5.52 Å². The number of nitrogens with one attached hydrogen (secondary N) is 1. The molecule has 5 nitrogen and oxygen atoms in total. The van der Waals surface area contributed by atoms with Crippen molar-refractivity contribution >= 4 is 28.6 Å². The number of nitrogens with zero attached hydrogens (tertiary/aromatic N) is 1. The molecule has 0 spiro atoms. The highest BCUT2D eigenvalue weighted by Gasteiger charge is 2.12. The number of rotatable bonds is 4. The quantitative estimate of drug-likeness (QED) is 0.545. The molecule has 0 fully saturated rings. The zero-order valence-electron chi connectivity index (χ0n) is 15.0. The van der Waals surface area contributed by atoms with Gasteiger partial charge >= 0.3 is 6.09 Å². The molecule has 138 valence electrons. The van der Waals surface area contributed by atoms with Gasteiger partial charge in [0.1, 0.15) is 6.61 Å². The summed E-state index contributed by atoms with van der Waals surface area (Å²) < 4.78 is 6.85. The first-order valence-corrected chi connectivity index (χ1v) is 8.89. The van der Waals surface area contributed by atoms with Gasteiger partial charge in [-0.15, -0.1) is 0 Å². The standard InChI is InChI=1S/C23H18N2O3/c26-22(19-9-5-2-6-10-19)24-20-12-11-18-13-14-25(21(18)15-20)23(27)28-16-17-7-3-1-4-8-17/h1-15H,16H2,(H,24,26). The van der Waals surface area contributed by atoms with E-state index in [1.54, 1.807) is 24.4 Å². The van der Waals surface area contributed by atoms with E-state index in [0.29, 0.717) is 16.8 Å². The molecule has 0 radical (unpaired) electrons. The van der Waals surface area contributed by atoms with Crippen LogP contribution >= 0.6 is 0 Å². The Morgan fingerprint density at radius 3 is 2.32 bits per heavy atom. The van der Waals surface area contributed by atoms with Gasteiger partial charge in [0.2, 0.25) is 0 Å². The Kier molecular flexibility index (Phi) is 4.89. The summed E-state index contributed by atoms with van der Waals surface area (Å²) in [6.45, 7) is 0.198. The van der Waals surface area contributed by atoms with Gasteiger partial charge in [-0.3, -0.25) is 9.36 Å². The van der Waals surface area contributed by atoms with E-state index in [2.05, 4.69) is 5.32 Å². The Labute approximate surface area is 162 Å². The second-order valence-electron chi connectivity index (χ2n) is 6.32. The lowest BCUT2D eigenvalue weighted by atomic mass is 10.2. The van der Waals surface area contributed by atoms with Crippen molar-refractivity contribution in [2.45, 2.75) is 6.61 Å². The highest BCUT2D eigenvalue weighted by atomic mass is 16.5. The fourth-order valence-electron chi connectivity index (χ4n) is 2.95. The Morgan fingerprint density at radius 2 is 1.57 bits per heavy atom. The minimum Gasteiger partial charge on any atom is -0.444 e. The monoisotopic (exact) mass is 370 g/mol. The number of carbonyl (C=O) groups is 2. The van der Waals surface area contributed by atoms with Crippen molar-refractivity contribution in [3.05, 3.63) is 102 Å². The first-order valence-electron chi connectivity index (χ1n) is 8.89. The lowest BCUT2D eigenvalue weighted by Crippen LogP contribution is -2.13. The maximum Gasteiger partial charge on any atom is 0.418 e. The summed E-state index contributed by atoms with van der Waals surface area (Å²) >= 11 is 0. The summed E-state index contributed by atoms with van der Waals surface area (Å²) in [7, 11) is 0. The average Bonchev–Trinajstić information content (AvgIpc) is 3.17. The molecule has 0 unspecified atom stereocenters. The number of benzene rings is 3. The van der Waals surface area contributed by atoms with E-state index in [0.717, 1.165) is 10.9 Å². The second-order valence-corrected chi connectivity index (χ2v) is 6.32. The summed E-state index contributed by atoms with van der Waals surface area (Å²) in [5.41, 5.74) is 2.77. The number of aromatic nitrogens is 1. The lowest BCUT2D eigenvalue weighted by Gasteiger charge is -2.09. The van der Waals surface area contributed by atoms with Gasteiger partial charge in [-0.1, -0.05) is 54.6 Å². The molecular formula is C23H18N2O3. The van der Waals surface area contributed by atoms with E-state index in [4.69, 9.17) is 4.74 Å². The second kappa shape index (κ2) is 7.80. The molecule has 0 aliphatic rings.